The highest BCUT2D eigenvalue weighted by Gasteiger charge is 2.25. The maximum absolute atomic E-state index is 12.6. The first-order chi connectivity index (χ1) is 27.6. The van der Waals surface area contributed by atoms with Crippen LogP contribution in [0.2, 0.25) is 0 Å². The summed E-state index contributed by atoms with van der Waals surface area (Å²) in [6.45, 7) is 1.90. The van der Waals surface area contributed by atoms with Crippen LogP contribution in [0.1, 0.15) is 48.5 Å². The van der Waals surface area contributed by atoms with Crippen molar-refractivity contribution >= 4 is 49.0 Å². The molecule has 0 atom stereocenters. The van der Waals surface area contributed by atoms with Crippen molar-refractivity contribution in [2.24, 2.45) is 0 Å². The predicted octanol–water partition coefficient (Wildman–Crippen LogP) is 8.16. The second-order valence-electron chi connectivity index (χ2n) is 13.2. The number of hydrogen-bond acceptors (Lipinski definition) is 8. The van der Waals surface area contributed by atoms with Gasteiger partial charge in [0, 0.05) is 17.4 Å². The van der Waals surface area contributed by atoms with E-state index in [2.05, 4.69) is 9.44 Å². The number of carboxylic acid groups (broad SMARTS) is 2. The molecule has 0 bridgehead atoms. The maximum atomic E-state index is 12.6. The molecule has 0 radical (unpaired) electrons. The van der Waals surface area contributed by atoms with Gasteiger partial charge in [0.1, 0.15) is 0 Å². The Morgan fingerprint density at radius 3 is 1.41 bits per heavy atom. The number of carbonyl (C=O) groups is 2. The third-order valence-electron chi connectivity index (χ3n) is 8.79. The van der Waals surface area contributed by atoms with Crippen molar-refractivity contribution in [3.63, 3.8) is 0 Å². The minimum Gasteiger partial charge on any atom is -0.478 e. The molecule has 15 heteroatoms. The quantitative estimate of drug-likeness (QED) is 0.0577. The summed E-state index contributed by atoms with van der Waals surface area (Å²) in [7, 11) is -7.79. The van der Waals surface area contributed by atoms with E-state index in [-0.39, 0.29) is 21.7 Å². The van der Waals surface area contributed by atoms with Gasteiger partial charge in [0.25, 0.3) is 25.7 Å². The highest BCUT2D eigenvalue weighted by Crippen LogP contribution is 2.26. The van der Waals surface area contributed by atoms with Crippen molar-refractivity contribution in [2.45, 2.75) is 42.4 Å². The number of rotatable bonds is 15. The molecular weight excluding hydrogens is 783 g/mol. The van der Waals surface area contributed by atoms with E-state index in [0.717, 1.165) is 33.9 Å². The highest BCUT2D eigenvalue weighted by atomic mass is 32.2. The zero-order valence-corrected chi connectivity index (χ0v) is 32.7. The Morgan fingerprint density at radius 2 is 0.966 bits per heavy atom. The lowest BCUT2D eigenvalue weighted by Gasteiger charge is -2.10. The van der Waals surface area contributed by atoms with Crippen LogP contribution in [-0.4, -0.2) is 43.9 Å². The number of nitro benzene ring substituents is 1. The van der Waals surface area contributed by atoms with Gasteiger partial charge < -0.3 is 10.2 Å². The molecule has 0 amide bonds. The highest BCUT2D eigenvalue weighted by molar-refractivity contribution is 7.93. The van der Waals surface area contributed by atoms with Gasteiger partial charge in [-0.15, -0.1) is 0 Å². The molecule has 6 aromatic rings. The van der Waals surface area contributed by atoms with Crippen molar-refractivity contribution in [3.8, 4) is 0 Å². The largest absolute Gasteiger partial charge is 0.478 e. The Labute approximate surface area is 335 Å². The zero-order chi connectivity index (χ0) is 41.9. The molecule has 0 saturated carbocycles. The van der Waals surface area contributed by atoms with E-state index in [1.807, 2.05) is 31.2 Å². The molecule has 0 aliphatic carbocycles. The van der Waals surface area contributed by atoms with Gasteiger partial charge in [0.15, 0.2) is 4.90 Å². The van der Waals surface area contributed by atoms with Gasteiger partial charge in [-0.3, -0.25) is 19.6 Å². The van der Waals surface area contributed by atoms with Gasteiger partial charge in [-0.05, 0) is 122 Å². The molecule has 0 aliphatic heterocycles. The number of aryl methyl sites for hydroxylation is 5. The van der Waals surface area contributed by atoms with Crippen molar-refractivity contribution < 1.29 is 41.6 Å². The van der Waals surface area contributed by atoms with Crippen LogP contribution in [0.15, 0.2) is 155 Å². The fraction of sp³-hybridized carbons (Fsp3) is 0.116. The maximum Gasteiger partial charge on any atom is 0.335 e. The molecule has 4 N–H and O–H groups in total. The number of nitrogens with zero attached hydrogens (tertiary/aromatic N) is 1. The molecule has 0 aliphatic rings. The van der Waals surface area contributed by atoms with E-state index >= 15 is 0 Å². The first-order valence-corrected chi connectivity index (χ1v) is 20.7. The van der Waals surface area contributed by atoms with E-state index in [1.165, 1.54) is 24.3 Å². The Morgan fingerprint density at radius 1 is 0.552 bits per heavy atom. The van der Waals surface area contributed by atoms with Gasteiger partial charge in [-0.1, -0.05) is 78.4 Å². The van der Waals surface area contributed by atoms with Crippen molar-refractivity contribution in [1.29, 1.82) is 0 Å². The van der Waals surface area contributed by atoms with Crippen LogP contribution in [0, 0.1) is 17.0 Å². The zero-order valence-electron chi connectivity index (χ0n) is 31.1. The van der Waals surface area contributed by atoms with Crippen LogP contribution < -0.4 is 9.44 Å². The van der Waals surface area contributed by atoms with E-state index in [9.17, 15) is 36.5 Å². The van der Waals surface area contributed by atoms with E-state index < -0.39 is 47.5 Å². The second-order valence-corrected chi connectivity index (χ2v) is 16.5. The van der Waals surface area contributed by atoms with Gasteiger partial charge in [0.05, 0.1) is 20.9 Å². The number of para-hydroxylation sites is 1. The van der Waals surface area contributed by atoms with Crippen molar-refractivity contribution in [1.82, 2.24) is 0 Å². The first kappa shape index (κ1) is 42.3. The minimum atomic E-state index is -4.14. The van der Waals surface area contributed by atoms with Crippen LogP contribution in [0.5, 0.6) is 0 Å². The average molecular weight is 822 g/mol. The molecule has 0 unspecified atom stereocenters. The summed E-state index contributed by atoms with van der Waals surface area (Å²) in [5.74, 6) is -1.95. The molecule has 0 aromatic heterocycles. The Balaban J connectivity index is 0.000000221. The monoisotopic (exact) mass is 821 g/mol. The normalized spacial score (nSPS) is 11.1. The van der Waals surface area contributed by atoms with Crippen LogP contribution in [0.4, 0.5) is 17.1 Å². The lowest BCUT2D eigenvalue weighted by molar-refractivity contribution is -0.387. The topological polar surface area (TPSA) is 210 Å². The first-order valence-electron chi connectivity index (χ1n) is 17.8. The molecule has 58 heavy (non-hydrogen) atoms. The Kier molecular flexibility index (Phi) is 13.8. The number of hydrogen-bond donors (Lipinski definition) is 4. The van der Waals surface area contributed by atoms with Gasteiger partial charge >= 0.3 is 11.9 Å². The van der Waals surface area contributed by atoms with Crippen LogP contribution in [0.3, 0.4) is 0 Å². The van der Waals surface area contributed by atoms with Gasteiger partial charge in [-0.2, -0.15) is 0 Å². The number of anilines is 2. The summed E-state index contributed by atoms with van der Waals surface area (Å²) in [4.78, 5) is 32.4. The van der Waals surface area contributed by atoms with Crippen LogP contribution in [0.25, 0.3) is 0 Å². The minimum absolute atomic E-state index is 0.207. The summed E-state index contributed by atoms with van der Waals surface area (Å²) >= 11 is 0. The number of nitrogens with one attached hydrogen (secondary N) is 2. The number of nitro groups is 1. The van der Waals surface area contributed by atoms with Crippen molar-refractivity contribution in [2.75, 3.05) is 9.44 Å². The number of benzene rings is 6. The fourth-order valence-electron chi connectivity index (χ4n) is 5.85. The van der Waals surface area contributed by atoms with E-state index in [1.54, 1.807) is 91.0 Å². The van der Waals surface area contributed by atoms with Crippen LogP contribution in [-0.2, 0) is 45.7 Å². The second kappa shape index (κ2) is 18.9. The number of aromatic carboxylic acids is 2. The molecular formula is C43H39N3O10S2. The molecule has 13 nitrogen and oxygen atoms in total. The number of carboxylic acids is 2. The van der Waals surface area contributed by atoms with E-state index in [0.29, 0.717) is 31.4 Å². The van der Waals surface area contributed by atoms with E-state index in [4.69, 9.17) is 10.2 Å². The third kappa shape index (κ3) is 11.8. The summed E-state index contributed by atoms with van der Waals surface area (Å²) in [6.07, 6.45) is 2.46. The Hall–Kier alpha value is -6.84. The van der Waals surface area contributed by atoms with Gasteiger partial charge in [-0.25, -0.2) is 26.4 Å². The predicted molar refractivity (Wildman–Crippen MR) is 220 cm³/mol. The fourth-order valence-corrected chi connectivity index (χ4v) is 8.13. The molecule has 0 saturated heterocycles. The summed E-state index contributed by atoms with van der Waals surface area (Å²) < 4.78 is 55.4. The number of sulfonamides is 2. The van der Waals surface area contributed by atoms with Crippen molar-refractivity contribution in [3.05, 3.63) is 195 Å². The SMILES string of the molecule is Cc1ccc(S(=O)(=O)Nc2cccc(CCc3cccc(C(=O)O)c3)c2)cc1.O=C(O)c1cccc(CCc2cccc(NS(=O)(=O)c3ccccc3[N+](=O)[O-])c2)c1. The summed E-state index contributed by atoms with van der Waals surface area (Å²) in [5.41, 5.74) is 5.31. The summed E-state index contributed by atoms with van der Waals surface area (Å²) in [6, 6.07) is 39.2. The van der Waals surface area contributed by atoms with Crippen LogP contribution >= 0.6 is 0 Å². The van der Waals surface area contributed by atoms with Gasteiger partial charge in [0.2, 0.25) is 0 Å². The molecule has 0 fully saturated rings. The lowest BCUT2D eigenvalue weighted by Crippen LogP contribution is -2.14. The molecule has 0 heterocycles. The smallest absolute Gasteiger partial charge is 0.335 e. The lowest BCUT2D eigenvalue weighted by atomic mass is 10.0. The summed E-state index contributed by atoms with van der Waals surface area (Å²) in [5, 5.41) is 29.3. The third-order valence-corrected chi connectivity index (χ3v) is 11.6. The standard InChI is InChI=1S/C22H21NO4S.C21H18N2O6S/c1-16-8-12-21(13-9-16)28(26,27)23-20-7-3-5-18(15-20)11-10-17-4-2-6-19(14-17)22(24)25;24-21(25)17-7-3-5-15(13-17)11-12-16-6-4-8-18(14-16)22-30(28,29)20-10-2-1-9-19(20)23(26)27/h2-9,12-15,23H,10-11H2,1H3,(H,24,25);1-10,13-14,22H,11-12H2,(H,24,25). The molecule has 0 spiro atoms. The Bertz CT molecular complexity index is 2670. The molecule has 298 valence electrons. The molecule has 6 aromatic carbocycles. The average Bonchev–Trinajstić information content (AvgIpc) is 3.20. The molecule has 6 rings (SSSR count).